The van der Waals surface area contributed by atoms with E-state index in [0.29, 0.717) is 0 Å². The van der Waals surface area contributed by atoms with Crippen molar-refractivity contribution in [3.8, 4) is 0 Å². The molecule has 0 aliphatic rings. The van der Waals surface area contributed by atoms with Crippen LogP contribution in [0.1, 0.15) is 20.7 Å². The molecule has 0 unspecified atom stereocenters. The molecule has 0 heterocycles. The maximum Gasteiger partial charge on any atom is 0.0721 e. The zero-order valence-electron chi connectivity index (χ0n) is 8.77. The number of carboxylic acids is 2. The molecule has 0 bridgehead atoms. The number of hydrogen-bond donors (Lipinski definition) is 0. The summed E-state index contributed by atoms with van der Waals surface area (Å²) in [6.07, 6.45) is 0. The lowest BCUT2D eigenvalue weighted by Gasteiger charge is -2.09. The van der Waals surface area contributed by atoms with Crippen LogP contribution in [0, 0.1) is 0 Å². The summed E-state index contributed by atoms with van der Waals surface area (Å²) in [5.41, 5.74) is -0.727. The molecule has 4 nitrogen and oxygen atoms in total. The van der Waals surface area contributed by atoms with Gasteiger partial charge in [0.25, 0.3) is 0 Å². The van der Waals surface area contributed by atoms with E-state index < -0.39 is 11.9 Å². The van der Waals surface area contributed by atoms with Crippen LogP contribution in [0.4, 0.5) is 0 Å². The lowest BCUT2D eigenvalue weighted by atomic mass is 10.1. The highest BCUT2D eigenvalue weighted by Gasteiger charge is 2.01. The van der Waals surface area contributed by atoms with Crippen LogP contribution in [-0.2, 0) is 0 Å². The van der Waals surface area contributed by atoms with Gasteiger partial charge in [-0.05, 0) is 0 Å². The SMILES string of the molecule is C=C.C=C.O=C([O-])c1ccccc1C(=O)[O-]. The highest BCUT2D eigenvalue weighted by atomic mass is 16.4. The van der Waals surface area contributed by atoms with E-state index in [1.165, 1.54) is 12.1 Å². The number of hydrogen-bond acceptors (Lipinski definition) is 4. The van der Waals surface area contributed by atoms with Gasteiger partial charge in [-0.2, -0.15) is 0 Å². The first-order valence-electron chi connectivity index (χ1n) is 4.14. The van der Waals surface area contributed by atoms with E-state index in [0.717, 1.165) is 12.1 Å². The van der Waals surface area contributed by atoms with Gasteiger partial charge in [-0.3, -0.25) is 0 Å². The molecular weight excluding hydrogens is 208 g/mol. The first-order chi connectivity index (χ1) is 7.63. The molecule has 0 aliphatic heterocycles. The van der Waals surface area contributed by atoms with Crippen molar-refractivity contribution in [2.75, 3.05) is 0 Å². The summed E-state index contributed by atoms with van der Waals surface area (Å²) in [6.45, 7) is 12.0. The standard InChI is InChI=1S/C8H6O4.2C2H4/c9-7(10)5-3-1-2-4-6(5)8(11)12;2*1-2/h1-4H,(H,9,10)(H,11,12);2*1-2H2/p-2. The van der Waals surface area contributed by atoms with Gasteiger partial charge in [0.15, 0.2) is 0 Å². The fraction of sp³-hybridized carbons (Fsp3) is 0. The van der Waals surface area contributed by atoms with E-state index in [9.17, 15) is 19.8 Å². The van der Waals surface area contributed by atoms with Crippen molar-refractivity contribution in [3.05, 3.63) is 61.7 Å². The topological polar surface area (TPSA) is 80.3 Å². The second-order valence-corrected chi connectivity index (χ2v) is 2.12. The smallest absolute Gasteiger partial charge is 0.0721 e. The van der Waals surface area contributed by atoms with Crippen molar-refractivity contribution >= 4 is 11.9 Å². The van der Waals surface area contributed by atoms with Crippen LogP contribution in [-0.4, -0.2) is 11.9 Å². The quantitative estimate of drug-likeness (QED) is 0.658. The van der Waals surface area contributed by atoms with Crippen LogP contribution in [0.5, 0.6) is 0 Å². The summed E-state index contributed by atoms with van der Waals surface area (Å²) < 4.78 is 0. The molecule has 0 aliphatic carbocycles. The fourth-order valence-corrected chi connectivity index (χ4v) is 0.839. The third-order valence-corrected chi connectivity index (χ3v) is 1.37. The first kappa shape index (κ1) is 16.1. The van der Waals surface area contributed by atoms with Gasteiger partial charge < -0.3 is 19.8 Å². The third kappa shape index (κ3) is 4.76. The predicted molar refractivity (Wildman–Crippen MR) is 57.6 cm³/mol. The Balaban J connectivity index is 0. The number of aromatic carboxylic acids is 2. The molecule has 16 heavy (non-hydrogen) atoms. The number of rotatable bonds is 2. The van der Waals surface area contributed by atoms with Crippen LogP contribution < -0.4 is 10.2 Å². The van der Waals surface area contributed by atoms with Crippen molar-refractivity contribution in [2.45, 2.75) is 0 Å². The summed E-state index contributed by atoms with van der Waals surface area (Å²) in [4.78, 5) is 20.6. The van der Waals surface area contributed by atoms with Crippen LogP contribution in [0.25, 0.3) is 0 Å². The molecule has 1 aromatic rings. The Bertz CT molecular complexity index is 323. The second-order valence-electron chi connectivity index (χ2n) is 2.12. The number of benzene rings is 1. The van der Waals surface area contributed by atoms with Gasteiger partial charge in [-0.15, -0.1) is 26.3 Å². The van der Waals surface area contributed by atoms with E-state index in [1.54, 1.807) is 0 Å². The number of carboxylic acid groups (broad SMARTS) is 2. The van der Waals surface area contributed by atoms with Gasteiger partial charge in [0, 0.05) is 11.1 Å². The normalized spacial score (nSPS) is 7.50. The van der Waals surface area contributed by atoms with Gasteiger partial charge in [0.05, 0.1) is 11.9 Å². The Hall–Kier alpha value is -2.36. The van der Waals surface area contributed by atoms with Gasteiger partial charge in [-0.1, -0.05) is 24.3 Å². The monoisotopic (exact) mass is 220 g/mol. The molecule has 86 valence electrons. The van der Waals surface area contributed by atoms with Crippen LogP contribution in [0.2, 0.25) is 0 Å². The van der Waals surface area contributed by atoms with Crippen molar-refractivity contribution in [1.29, 1.82) is 0 Å². The van der Waals surface area contributed by atoms with Gasteiger partial charge in [-0.25, -0.2) is 0 Å². The molecule has 4 heteroatoms. The minimum atomic E-state index is -1.52. The zero-order valence-corrected chi connectivity index (χ0v) is 8.77. The molecule has 0 saturated carbocycles. The Kier molecular flexibility index (Phi) is 9.25. The minimum Gasteiger partial charge on any atom is -0.545 e. The lowest BCUT2D eigenvalue weighted by Crippen LogP contribution is -2.29. The summed E-state index contributed by atoms with van der Waals surface area (Å²) in [5.74, 6) is -3.04. The highest BCUT2D eigenvalue weighted by molar-refractivity contribution is 5.99. The second kappa shape index (κ2) is 9.21. The molecule has 0 N–H and O–H groups in total. The number of carbonyl (C=O) groups is 2. The molecule has 0 aromatic heterocycles. The molecule has 0 fully saturated rings. The summed E-state index contributed by atoms with van der Waals surface area (Å²) in [6, 6.07) is 5.14. The Labute approximate surface area is 94.2 Å². The van der Waals surface area contributed by atoms with E-state index >= 15 is 0 Å². The molecular formula is C12H12O4-2. The Morgan fingerprint density at radius 2 is 1.06 bits per heavy atom. The molecule has 0 spiro atoms. The molecule has 0 saturated heterocycles. The molecule has 0 amide bonds. The van der Waals surface area contributed by atoms with E-state index in [1.807, 2.05) is 0 Å². The van der Waals surface area contributed by atoms with Crippen molar-refractivity contribution in [1.82, 2.24) is 0 Å². The maximum atomic E-state index is 10.3. The maximum absolute atomic E-state index is 10.3. The summed E-state index contributed by atoms with van der Waals surface area (Å²) in [7, 11) is 0. The van der Waals surface area contributed by atoms with E-state index in [2.05, 4.69) is 26.3 Å². The average molecular weight is 220 g/mol. The lowest BCUT2D eigenvalue weighted by molar-refractivity contribution is -0.259. The Morgan fingerprint density at radius 1 is 0.812 bits per heavy atom. The van der Waals surface area contributed by atoms with Gasteiger partial charge in [0.2, 0.25) is 0 Å². The summed E-state index contributed by atoms with van der Waals surface area (Å²) in [5, 5.41) is 20.6. The van der Waals surface area contributed by atoms with Crippen molar-refractivity contribution in [3.63, 3.8) is 0 Å². The molecule has 1 rings (SSSR count). The van der Waals surface area contributed by atoms with E-state index in [-0.39, 0.29) is 11.1 Å². The molecule has 0 radical (unpaired) electrons. The predicted octanol–water partition coefficient (Wildman–Crippen LogP) is 0.0180. The fourth-order valence-electron chi connectivity index (χ4n) is 0.839. The highest BCUT2D eigenvalue weighted by Crippen LogP contribution is 2.05. The molecule has 0 atom stereocenters. The van der Waals surface area contributed by atoms with Crippen LogP contribution in [0.15, 0.2) is 50.6 Å². The molecule has 1 aromatic carbocycles. The van der Waals surface area contributed by atoms with E-state index in [4.69, 9.17) is 0 Å². The third-order valence-electron chi connectivity index (χ3n) is 1.37. The largest absolute Gasteiger partial charge is 0.545 e. The van der Waals surface area contributed by atoms with Gasteiger partial charge >= 0.3 is 0 Å². The van der Waals surface area contributed by atoms with Crippen molar-refractivity contribution < 1.29 is 19.8 Å². The van der Waals surface area contributed by atoms with Crippen LogP contribution in [0.3, 0.4) is 0 Å². The number of carbonyl (C=O) groups excluding carboxylic acids is 2. The van der Waals surface area contributed by atoms with Gasteiger partial charge in [0.1, 0.15) is 0 Å². The minimum absolute atomic E-state index is 0.363. The average Bonchev–Trinajstić information content (AvgIpc) is 2.34. The zero-order chi connectivity index (χ0) is 13.1. The van der Waals surface area contributed by atoms with Crippen LogP contribution >= 0.6 is 0 Å². The summed E-state index contributed by atoms with van der Waals surface area (Å²) >= 11 is 0. The first-order valence-corrected chi connectivity index (χ1v) is 4.14. The van der Waals surface area contributed by atoms with Crippen molar-refractivity contribution in [2.24, 2.45) is 0 Å². The Morgan fingerprint density at radius 3 is 1.25 bits per heavy atom.